The molecule has 0 aromatic carbocycles. The van der Waals surface area contributed by atoms with E-state index >= 15 is 0 Å². The summed E-state index contributed by atoms with van der Waals surface area (Å²) in [5.41, 5.74) is 0.112. The van der Waals surface area contributed by atoms with Gasteiger partial charge in [-0.3, -0.25) is 4.98 Å². The Morgan fingerprint density at radius 1 is 1.35 bits per heavy atom. The van der Waals surface area contributed by atoms with Crippen molar-refractivity contribution in [2.24, 2.45) is 0 Å². The minimum Gasteiger partial charge on any atom is -0.444 e. The summed E-state index contributed by atoms with van der Waals surface area (Å²) in [4.78, 5) is 22.2. The molecule has 2 heterocycles. The first-order chi connectivity index (χ1) is 10.9. The van der Waals surface area contributed by atoms with Gasteiger partial charge in [0.25, 0.3) is 0 Å². The van der Waals surface area contributed by atoms with Crippen LogP contribution in [-0.2, 0) is 16.1 Å². The van der Waals surface area contributed by atoms with Crippen LogP contribution in [0.5, 0.6) is 0 Å². The van der Waals surface area contributed by atoms with Gasteiger partial charge >= 0.3 is 6.09 Å². The van der Waals surface area contributed by atoms with Gasteiger partial charge in [0.2, 0.25) is 0 Å². The molecule has 1 aliphatic rings. The third kappa shape index (κ3) is 5.62. The fraction of sp³-hybridized carbons (Fsp3) is 0.688. The predicted octanol–water partition coefficient (Wildman–Crippen LogP) is 3.44. The molecule has 0 unspecified atom stereocenters. The Kier molecular flexibility index (Phi) is 6.18. The molecule has 128 valence electrons. The van der Waals surface area contributed by atoms with Gasteiger partial charge in [-0.15, -0.1) is 0 Å². The SMILES string of the molecule is CC(C)(C)OC(=O)N1CCCC[C@@H]1COCc1nccnc1Cl. The van der Waals surface area contributed by atoms with Crippen molar-refractivity contribution in [2.45, 2.75) is 58.3 Å². The molecule has 1 amide bonds. The Labute approximate surface area is 142 Å². The fourth-order valence-corrected chi connectivity index (χ4v) is 2.63. The number of piperidine rings is 1. The first-order valence-corrected chi connectivity index (χ1v) is 8.27. The van der Waals surface area contributed by atoms with Crippen molar-refractivity contribution in [3.05, 3.63) is 23.2 Å². The molecule has 1 aromatic rings. The molecular weight excluding hydrogens is 318 g/mol. The van der Waals surface area contributed by atoms with E-state index in [4.69, 9.17) is 21.1 Å². The molecule has 1 atom stereocenters. The second-order valence-corrected chi connectivity index (χ2v) is 6.99. The summed E-state index contributed by atoms with van der Waals surface area (Å²) in [6.45, 7) is 7.04. The van der Waals surface area contributed by atoms with Crippen LogP contribution in [0.3, 0.4) is 0 Å². The van der Waals surface area contributed by atoms with Crippen molar-refractivity contribution in [3.8, 4) is 0 Å². The molecule has 0 saturated carbocycles. The van der Waals surface area contributed by atoms with Gasteiger partial charge in [0.05, 0.1) is 19.3 Å². The highest BCUT2D eigenvalue weighted by molar-refractivity contribution is 6.29. The Bertz CT molecular complexity index is 534. The van der Waals surface area contributed by atoms with Crippen molar-refractivity contribution in [1.29, 1.82) is 0 Å². The predicted molar refractivity (Wildman–Crippen MR) is 87.3 cm³/mol. The van der Waals surface area contributed by atoms with E-state index in [1.807, 2.05) is 20.8 Å². The van der Waals surface area contributed by atoms with Gasteiger partial charge in [-0.05, 0) is 40.0 Å². The third-order valence-corrected chi connectivity index (χ3v) is 3.84. The molecule has 0 radical (unpaired) electrons. The molecule has 0 bridgehead atoms. The van der Waals surface area contributed by atoms with Crippen molar-refractivity contribution in [3.63, 3.8) is 0 Å². The first kappa shape index (κ1) is 17.9. The van der Waals surface area contributed by atoms with E-state index in [9.17, 15) is 4.79 Å². The highest BCUT2D eigenvalue weighted by atomic mass is 35.5. The lowest BCUT2D eigenvalue weighted by atomic mass is 10.0. The normalized spacial score (nSPS) is 18.8. The summed E-state index contributed by atoms with van der Waals surface area (Å²) in [7, 11) is 0. The zero-order valence-electron chi connectivity index (χ0n) is 13.9. The van der Waals surface area contributed by atoms with E-state index in [-0.39, 0.29) is 18.7 Å². The minimum atomic E-state index is -0.493. The zero-order chi connectivity index (χ0) is 16.9. The van der Waals surface area contributed by atoms with E-state index in [2.05, 4.69) is 9.97 Å². The Morgan fingerprint density at radius 3 is 2.78 bits per heavy atom. The number of likely N-dealkylation sites (tertiary alicyclic amines) is 1. The van der Waals surface area contributed by atoms with E-state index in [1.54, 1.807) is 11.1 Å². The molecular formula is C16H24ClN3O3. The van der Waals surface area contributed by atoms with Crippen molar-refractivity contribution in [1.82, 2.24) is 14.9 Å². The summed E-state index contributed by atoms with van der Waals surface area (Å²) in [5.74, 6) is 0. The molecule has 1 saturated heterocycles. The van der Waals surface area contributed by atoms with Gasteiger partial charge < -0.3 is 14.4 Å². The summed E-state index contributed by atoms with van der Waals surface area (Å²) in [6.07, 6.45) is 5.83. The Morgan fingerprint density at radius 2 is 2.09 bits per heavy atom. The maximum Gasteiger partial charge on any atom is 0.410 e. The van der Waals surface area contributed by atoms with Crippen LogP contribution in [-0.4, -0.2) is 45.8 Å². The number of ether oxygens (including phenoxy) is 2. The maximum absolute atomic E-state index is 12.3. The minimum absolute atomic E-state index is 0.0223. The lowest BCUT2D eigenvalue weighted by molar-refractivity contribution is -0.0103. The monoisotopic (exact) mass is 341 g/mol. The van der Waals surface area contributed by atoms with E-state index in [0.717, 1.165) is 19.3 Å². The van der Waals surface area contributed by atoms with Crippen LogP contribution in [0.1, 0.15) is 45.7 Å². The van der Waals surface area contributed by atoms with Gasteiger partial charge in [0, 0.05) is 18.9 Å². The van der Waals surface area contributed by atoms with E-state index < -0.39 is 5.60 Å². The van der Waals surface area contributed by atoms with Crippen LogP contribution in [0.25, 0.3) is 0 Å². The largest absolute Gasteiger partial charge is 0.444 e. The van der Waals surface area contributed by atoms with Gasteiger partial charge in [0.15, 0.2) is 5.15 Å². The van der Waals surface area contributed by atoms with Gasteiger partial charge in [-0.1, -0.05) is 11.6 Å². The highest BCUT2D eigenvalue weighted by Gasteiger charge is 2.30. The average Bonchev–Trinajstić information content (AvgIpc) is 2.48. The fourth-order valence-electron chi connectivity index (χ4n) is 2.47. The molecule has 1 fully saturated rings. The Hall–Kier alpha value is -1.40. The number of carbonyl (C=O) groups is 1. The van der Waals surface area contributed by atoms with Crippen molar-refractivity contribution < 1.29 is 14.3 Å². The van der Waals surface area contributed by atoms with Crippen LogP contribution >= 0.6 is 11.6 Å². The maximum atomic E-state index is 12.3. The number of nitrogens with zero attached hydrogens (tertiary/aromatic N) is 3. The second-order valence-electron chi connectivity index (χ2n) is 6.63. The van der Waals surface area contributed by atoms with Crippen molar-refractivity contribution in [2.75, 3.05) is 13.2 Å². The number of hydrogen-bond acceptors (Lipinski definition) is 5. The lowest BCUT2D eigenvalue weighted by Gasteiger charge is -2.36. The highest BCUT2D eigenvalue weighted by Crippen LogP contribution is 2.21. The summed E-state index contributed by atoms with van der Waals surface area (Å²) in [6, 6.07) is 0.0223. The number of hydrogen-bond donors (Lipinski definition) is 0. The number of carbonyl (C=O) groups excluding carboxylic acids is 1. The summed E-state index contributed by atoms with van der Waals surface area (Å²) >= 11 is 5.96. The van der Waals surface area contributed by atoms with Crippen LogP contribution in [0.2, 0.25) is 5.15 Å². The molecule has 1 aliphatic heterocycles. The number of amides is 1. The summed E-state index contributed by atoms with van der Waals surface area (Å²) < 4.78 is 11.2. The van der Waals surface area contributed by atoms with E-state index in [1.165, 1.54) is 6.20 Å². The molecule has 2 rings (SSSR count). The molecule has 23 heavy (non-hydrogen) atoms. The van der Waals surface area contributed by atoms with Crippen LogP contribution in [0.15, 0.2) is 12.4 Å². The molecule has 6 nitrogen and oxygen atoms in total. The van der Waals surface area contributed by atoms with Crippen LogP contribution in [0.4, 0.5) is 4.79 Å². The third-order valence-electron chi connectivity index (χ3n) is 3.53. The second kappa shape index (κ2) is 7.93. The average molecular weight is 342 g/mol. The summed E-state index contributed by atoms with van der Waals surface area (Å²) in [5, 5.41) is 0.347. The molecule has 7 heteroatoms. The molecule has 0 N–H and O–H groups in total. The van der Waals surface area contributed by atoms with E-state index in [0.29, 0.717) is 24.0 Å². The number of rotatable bonds is 4. The standard InChI is InChI=1S/C16H24ClN3O3/c1-16(2,3)23-15(21)20-9-5-4-6-12(20)10-22-11-13-14(17)19-8-7-18-13/h7-8,12H,4-6,9-11H2,1-3H3/t12-/m1/s1. The van der Waals surface area contributed by atoms with Gasteiger partial charge in [0.1, 0.15) is 11.3 Å². The molecule has 1 aromatic heterocycles. The number of aromatic nitrogens is 2. The van der Waals surface area contributed by atoms with Crippen LogP contribution < -0.4 is 0 Å². The van der Waals surface area contributed by atoms with Gasteiger partial charge in [-0.25, -0.2) is 9.78 Å². The number of halogens is 1. The Balaban J connectivity index is 1.89. The topological polar surface area (TPSA) is 64.5 Å². The molecule has 0 aliphatic carbocycles. The first-order valence-electron chi connectivity index (χ1n) is 7.89. The quantitative estimate of drug-likeness (QED) is 0.839. The lowest BCUT2D eigenvalue weighted by Crippen LogP contribution is -2.48. The van der Waals surface area contributed by atoms with Crippen LogP contribution in [0, 0.1) is 0 Å². The van der Waals surface area contributed by atoms with Gasteiger partial charge in [-0.2, -0.15) is 0 Å². The molecule has 0 spiro atoms. The van der Waals surface area contributed by atoms with Crippen molar-refractivity contribution >= 4 is 17.7 Å². The zero-order valence-corrected chi connectivity index (χ0v) is 14.7. The smallest absolute Gasteiger partial charge is 0.410 e.